The summed E-state index contributed by atoms with van der Waals surface area (Å²) in [6, 6.07) is 6.93. The lowest BCUT2D eigenvalue weighted by atomic mass is 9.93. The third kappa shape index (κ3) is 2.01. The minimum absolute atomic E-state index is 0.218. The summed E-state index contributed by atoms with van der Waals surface area (Å²) in [5, 5.41) is 10.2. The maximum absolute atomic E-state index is 11.8. The number of fused-ring (bicyclic) bond motifs is 1. The number of amides is 1. The number of para-hydroxylation sites is 1. The van der Waals surface area contributed by atoms with Gasteiger partial charge in [-0.05, 0) is 25.0 Å². The van der Waals surface area contributed by atoms with Crippen LogP contribution < -0.4 is 5.06 Å². The van der Waals surface area contributed by atoms with Crippen molar-refractivity contribution in [1.29, 1.82) is 0 Å². The average molecular weight is 235 g/mol. The molecule has 0 saturated carbocycles. The summed E-state index contributed by atoms with van der Waals surface area (Å²) >= 11 is 0. The van der Waals surface area contributed by atoms with Crippen LogP contribution in [0.2, 0.25) is 0 Å². The molecule has 1 heterocycles. The van der Waals surface area contributed by atoms with Gasteiger partial charge in [0.05, 0.1) is 12.3 Å². The number of hydrogen-bond donors (Lipinski definition) is 1. The highest BCUT2D eigenvalue weighted by molar-refractivity contribution is 6.07. The lowest BCUT2D eigenvalue weighted by molar-refractivity contribution is -0.153. The molecule has 1 aliphatic heterocycles. The molecule has 17 heavy (non-hydrogen) atoms. The normalized spacial score (nSPS) is 18.8. The second-order valence-electron chi connectivity index (χ2n) is 3.79. The molecule has 0 aliphatic carbocycles. The summed E-state index contributed by atoms with van der Waals surface area (Å²) in [6.07, 6.45) is 0.269. The molecular weight excluding hydrogens is 222 g/mol. The lowest BCUT2D eigenvalue weighted by Crippen LogP contribution is -2.43. The number of ether oxygens (including phenoxy) is 1. The summed E-state index contributed by atoms with van der Waals surface area (Å²) in [5.74, 6) is -2.18. The molecule has 2 rings (SSSR count). The van der Waals surface area contributed by atoms with Gasteiger partial charge >= 0.3 is 5.97 Å². The van der Waals surface area contributed by atoms with Crippen molar-refractivity contribution in [2.24, 2.45) is 5.92 Å². The number of hydrogen-bond acceptors (Lipinski definition) is 4. The molecule has 1 aromatic rings. The SMILES string of the molecule is CCOC(=O)C1Cc2ccccc2N(O)C1=O. The van der Waals surface area contributed by atoms with Gasteiger partial charge in [0.2, 0.25) is 0 Å². The van der Waals surface area contributed by atoms with Crippen molar-refractivity contribution in [1.82, 2.24) is 0 Å². The Hall–Kier alpha value is -1.88. The first-order valence-corrected chi connectivity index (χ1v) is 5.42. The first-order valence-electron chi connectivity index (χ1n) is 5.42. The van der Waals surface area contributed by atoms with E-state index >= 15 is 0 Å². The minimum Gasteiger partial charge on any atom is -0.465 e. The van der Waals surface area contributed by atoms with E-state index in [0.29, 0.717) is 10.8 Å². The number of hydroxylamine groups is 1. The van der Waals surface area contributed by atoms with Crippen LogP contribution in [0.5, 0.6) is 0 Å². The molecule has 0 radical (unpaired) electrons. The molecule has 0 saturated heterocycles. The fraction of sp³-hybridized carbons (Fsp3) is 0.333. The molecule has 0 bridgehead atoms. The summed E-state index contributed by atoms with van der Waals surface area (Å²) in [7, 11) is 0. The molecule has 0 spiro atoms. The molecule has 1 atom stereocenters. The zero-order valence-electron chi connectivity index (χ0n) is 9.42. The molecule has 0 aromatic heterocycles. The van der Waals surface area contributed by atoms with E-state index < -0.39 is 17.8 Å². The number of benzene rings is 1. The largest absolute Gasteiger partial charge is 0.465 e. The zero-order chi connectivity index (χ0) is 12.4. The van der Waals surface area contributed by atoms with Gasteiger partial charge in [-0.1, -0.05) is 18.2 Å². The number of nitrogens with zero attached hydrogens (tertiary/aromatic N) is 1. The van der Waals surface area contributed by atoms with E-state index in [4.69, 9.17) is 4.74 Å². The van der Waals surface area contributed by atoms with E-state index in [1.807, 2.05) is 0 Å². The van der Waals surface area contributed by atoms with Crippen molar-refractivity contribution in [2.45, 2.75) is 13.3 Å². The topological polar surface area (TPSA) is 66.8 Å². The smallest absolute Gasteiger partial charge is 0.318 e. The molecule has 5 heteroatoms. The van der Waals surface area contributed by atoms with E-state index in [0.717, 1.165) is 5.56 Å². The Labute approximate surface area is 98.6 Å². The van der Waals surface area contributed by atoms with E-state index in [1.165, 1.54) is 0 Å². The average Bonchev–Trinajstić information content (AvgIpc) is 2.34. The number of carbonyl (C=O) groups is 2. The summed E-state index contributed by atoms with van der Waals surface area (Å²) < 4.78 is 4.82. The van der Waals surface area contributed by atoms with Crippen molar-refractivity contribution in [2.75, 3.05) is 11.7 Å². The number of esters is 1. The van der Waals surface area contributed by atoms with Gasteiger partial charge in [0.1, 0.15) is 5.92 Å². The van der Waals surface area contributed by atoms with Crippen LogP contribution in [0.1, 0.15) is 12.5 Å². The van der Waals surface area contributed by atoms with E-state index in [9.17, 15) is 14.8 Å². The van der Waals surface area contributed by atoms with Crippen molar-refractivity contribution >= 4 is 17.6 Å². The van der Waals surface area contributed by atoms with Crippen molar-refractivity contribution in [3.63, 3.8) is 0 Å². The van der Waals surface area contributed by atoms with Crippen molar-refractivity contribution in [3.8, 4) is 0 Å². The molecule has 1 amide bonds. The fourth-order valence-corrected chi connectivity index (χ4v) is 1.89. The Kier molecular flexibility index (Phi) is 3.10. The van der Waals surface area contributed by atoms with Crippen LogP contribution >= 0.6 is 0 Å². The summed E-state index contributed by atoms with van der Waals surface area (Å²) in [6.45, 7) is 1.89. The van der Waals surface area contributed by atoms with Gasteiger partial charge in [0, 0.05) is 0 Å². The van der Waals surface area contributed by atoms with E-state index in [1.54, 1.807) is 31.2 Å². The highest BCUT2D eigenvalue weighted by atomic mass is 16.5. The Bertz CT molecular complexity index is 458. The first-order chi connectivity index (χ1) is 8.15. The van der Waals surface area contributed by atoms with Gasteiger partial charge in [-0.2, -0.15) is 5.06 Å². The maximum atomic E-state index is 11.8. The van der Waals surface area contributed by atoms with Crippen LogP contribution in [0.3, 0.4) is 0 Å². The third-order valence-electron chi connectivity index (χ3n) is 2.72. The Balaban J connectivity index is 2.31. The number of carbonyl (C=O) groups excluding carboxylic acids is 2. The highest BCUT2D eigenvalue weighted by Gasteiger charge is 2.37. The summed E-state index contributed by atoms with van der Waals surface area (Å²) in [4.78, 5) is 23.4. The standard InChI is InChI=1S/C12H13NO4/c1-2-17-12(15)9-7-8-5-3-4-6-10(8)13(16)11(9)14/h3-6,9,16H,2,7H2,1H3. The highest BCUT2D eigenvalue weighted by Crippen LogP contribution is 2.29. The van der Waals surface area contributed by atoms with Gasteiger partial charge in [-0.25, -0.2) is 0 Å². The molecule has 90 valence electrons. The quantitative estimate of drug-likeness (QED) is 0.474. The molecule has 1 unspecified atom stereocenters. The minimum atomic E-state index is -0.949. The number of anilines is 1. The second kappa shape index (κ2) is 4.55. The van der Waals surface area contributed by atoms with Crippen LogP contribution in [0.4, 0.5) is 5.69 Å². The van der Waals surface area contributed by atoms with Crippen LogP contribution in [0.15, 0.2) is 24.3 Å². The third-order valence-corrected chi connectivity index (χ3v) is 2.72. The van der Waals surface area contributed by atoms with Crippen LogP contribution in [0, 0.1) is 5.92 Å². The first kappa shape index (κ1) is 11.6. The maximum Gasteiger partial charge on any atom is 0.318 e. The Morgan fingerprint density at radius 3 is 2.94 bits per heavy atom. The van der Waals surface area contributed by atoms with Gasteiger partial charge < -0.3 is 4.74 Å². The number of rotatable bonds is 2. The summed E-state index contributed by atoms with van der Waals surface area (Å²) in [5.41, 5.74) is 1.19. The van der Waals surface area contributed by atoms with E-state index in [-0.39, 0.29) is 13.0 Å². The molecule has 5 nitrogen and oxygen atoms in total. The van der Waals surface area contributed by atoms with Crippen molar-refractivity contribution in [3.05, 3.63) is 29.8 Å². The second-order valence-corrected chi connectivity index (χ2v) is 3.79. The van der Waals surface area contributed by atoms with Gasteiger partial charge in [-0.15, -0.1) is 0 Å². The predicted octanol–water partition coefficient (Wildman–Crippen LogP) is 1.14. The van der Waals surface area contributed by atoms with Gasteiger partial charge in [0.25, 0.3) is 5.91 Å². The van der Waals surface area contributed by atoms with Crippen molar-refractivity contribution < 1.29 is 19.5 Å². The predicted molar refractivity (Wildman–Crippen MR) is 59.5 cm³/mol. The molecule has 1 aliphatic rings. The lowest BCUT2D eigenvalue weighted by Gasteiger charge is -2.28. The Morgan fingerprint density at radius 1 is 1.53 bits per heavy atom. The van der Waals surface area contributed by atoms with Crippen LogP contribution in [0.25, 0.3) is 0 Å². The van der Waals surface area contributed by atoms with Crippen LogP contribution in [-0.2, 0) is 20.7 Å². The Morgan fingerprint density at radius 2 is 2.24 bits per heavy atom. The molecule has 0 fully saturated rings. The van der Waals surface area contributed by atoms with E-state index in [2.05, 4.69) is 0 Å². The van der Waals surface area contributed by atoms with Gasteiger partial charge in [-0.3, -0.25) is 14.8 Å². The molecular formula is C12H13NO4. The van der Waals surface area contributed by atoms with Crippen LogP contribution in [-0.4, -0.2) is 23.7 Å². The van der Waals surface area contributed by atoms with Gasteiger partial charge in [0.15, 0.2) is 0 Å². The monoisotopic (exact) mass is 235 g/mol. The molecule has 1 aromatic carbocycles. The fourth-order valence-electron chi connectivity index (χ4n) is 1.89. The zero-order valence-corrected chi connectivity index (χ0v) is 9.42. The molecule has 1 N–H and O–H groups in total.